The van der Waals surface area contributed by atoms with Crippen LogP contribution in [0.5, 0.6) is 0 Å². The molecule has 0 spiro atoms. The molecule has 0 aromatic heterocycles. The summed E-state index contributed by atoms with van der Waals surface area (Å²) in [5.41, 5.74) is 0. The number of alkyl halides is 3. The third-order valence-electron chi connectivity index (χ3n) is 0.940. The van der Waals surface area contributed by atoms with Crippen LogP contribution in [0.25, 0.3) is 0 Å². The Bertz CT molecular complexity index is 86.7. The lowest BCUT2D eigenvalue weighted by Gasteiger charge is -1.94. The van der Waals surface area contributed by atoms with E-state index >= 15 is 0 Å². The molecule has 0 amide bonds. The summed E-state index contributed by atoms with van der Waals surface area (Å²) in [6, 6.07) is 0. The highest BCUT2D eigenvalue weighted by molar-refractivity contribution is 9.09. The third-order valence-corrected chi connectivity index (χ3v) is 2.64. The van der Waals surface area contributed by atoms with Crippen molar-refractivity contribution in [1.82, 2.24) is 0 Å². The molecule has 5 heteroatoms. The lowest BCUT2D eigenvalue weighted by atomic mass is 10.5. The minimum atomic E-state index is 0.0687. The molecule has 0 bridgehead atoms. The standard InChI is InChI=1S/C3H6BrClO.C3H5ClO/c4-3(1-5)2-6;4-1-3-2-5-3/h3,6H,1-2H2;3H,1-2H2. The molecule has 0 aromatic rings. The van der Waals surface area contributed by atoms with Crippen molar-refractivity contribution in [2.24, 2.45) is 0 Å². The number of aliphatic hydroxyl groups is 1. The lowest BCUT2D eigenvalue weighted by Crippen LogP contribution is -2.03. The maximum absolute atomic E-state index is 8.20. The molecule has 1 aliphatic rings. The fourth-order valence-corrected chi connectivity index (χ4v) is 0.482. The second-order valence-electron chi connectivity index (χ2n) is 2.04. The van der Waals surface area contributed by atoms with Gasteiger partial charge in [0.25, 0.3) is 0 Å². The number of ether oxygens (including phenoxy) is 1. The Morgan fingerprint density at radius 1 is 1.64 bits per heavy atom. The highest BCUT2D eigenvalue weighted by Crippen LogP contribution is 2.08. The summed E-state index contributed by atoms with van der Waals surface area (Å²) in [5, 5.41) is 8.20. The van der Waals surface area contributed by atoms with Gasteiger partial charge in [-0.25, -0.2) is 0 Å². The van der Waals surface area contributed by atoms with E-state index in [1.54, 1.807) is 0 Å². The molecular formula is C6H11BrCl2O2. The first-order chi connectivity index (χ1) is 5.24. The SMILES string of the molecule is ClCC1CO1.OCC(Br)CCl. The minimum absolute atomic E-state index is 0.0687. The van der Waals surface area contributed by atoms with Gasteiger partial charge in [-0.3, -0.25) is 0 Å². The summed E-state index contributed by atoms with van der Waals surface area (Å²) in [6.45, 7) is 0.993. The van der Waals surface area contributed by atoms with Gasteiger partial charge in [-0.15, -0.1) is 23.2 Å². The van der Waals surface area contributed by atoms with Crippen LogP contribution >= 0.6 is 39.1 Å². The van der Waals surface area contributed by atoms with E-state index in [1.165, 1.54) is 0 Å². The lowest BCUT2D eigenvalue weighted by molar-refractivity contribution is 0.302. The number of halogens is 3. The Hall–Kier alpha value is 0.980. The highest BCUT2D eigenvalue weighted by atomic mass is 79.9. The summed E-state index contributed by atoms with van der Waals surface area (Å²) in [5.74, 6) is 1.14. The number of rotatable bonds is 3. The Balaban J connectivity index is 0.000000183. The van der Waals surface area contributed by atoms with Crippen LogP contribution in [0.3, 0.4) is 0 Å². The molecule has 1 fully saturated rings. The van der Waals surface area contributed by atoms with Gasteiger partial charge in [-0.1, -0.05) is 15.9 Å². The third kappa shape index (κ3) is 8.89. The van der Waals surface area contributed by atoms with Crippen molar-refractivity contribution >= 4 is 39.1 Å². The molecule has 1 heterocycles. The van der Waals surface area contributed by atoms with Gasteiger partial charge in [0.2, 0.25) is 0 Å². The van der Waals surface area contributed by atoms with E-state index in [0.717, 1.165) is 6.61 Å². The normalized spacial score (nSPS) is 23.5. The largest absolute Gasteiger partial charge is 0.395 e. The van der Waals surface area contributed by atoms with Gasteiger partial charge in [0.05, 0.1) is 30.0 Å². The maximum atomic E-state index is 8.20. The van der Waals surface area contributed by atoms with Gasteiger partial charge in [-0.05, 0) is 0 Å². The van der Waals surface area contributed by atoms with Gasteiger partial charge >= 0.3 is 0 Å². The monoisotopic (exact) mass is 264 g/mol. The molecular weight excluding hydrogens is 255 g/mol. The Morgan fingerprint density at radius 3 is 2.18 bits per heavy atom. The summed E-state index contributed by atoms with van der Waals surface area (Å²) < 4.78 is 4.73. The van der Waals surface area contributed by atoms with Gasteiger partial charge in [-0.2, -0.15) is 0 Å². The molecule has 2 nitrogen and oxygen atoms in total. The second-order valence-corrected chi connectivity index (χ2v) is 3.96. The summed E-state index contributed by atoms with van der Waals surface area (Å²) in [4.78, 5) is 0.0687. The van der Waals surface area contributed by atoms with Crippen LogP contribution in [-0.4, -0.2) is 41.0 Å². The molecule has 2 unspecified atom stereocenters. The van der Waals surface area contributed by atoms with Crippen molar-refractivity contribution < 1.29 is 9.84 Å². The van der Waals surface area contributed by atoms with Crippen LogP contribution < -0.4 is 0 Å². The Morgan fingerprint density at radius 2 is 2.18 bits per heavy atom. The molecule has 2 atom stereocenters. The molecule has 11 heavy (non-hydrogen) atoms. The van der Waals surface area contributed by atoms with Gasteiger partial charge in [0.1, 0.15) is 0 Å². The number of hydrogen-bond donors (Lipinski definition) is 1. The van der Waals surface area contributed by atoms with Gasteiger partial charge in [0.15, 0.2) is 0 Å². The zero-order valence-electron chi connectivity index (χ0n) is 5.97. The van der Waals surface area contributed by atoms with Crippen LogP contribution in [-0.2, 0) is 4.74 Å². The molecule has 1 N–H and O–H groups in total. The zero-order valence-corrected chi connectivity index (χ0v) is 9.07. The van der Waals surface area contributed by atoms with E-state index in [0.29, 0.717) is 17.9 Å². The van der Waals surface area contributed by atoms with Crippen molar-refractivity contribution in [3.8, 4) is 0 Å². The van der Waals surface area contributed by atoms with E-state index in [9.17, 15) is 0 Å². The van der Waals surface area contributed by atoms with E-state index in [4.69, 9.17) is 33.0 Å². The van der Waals surface area contributed by atoms with E-state index in [-0.39, 0.29) is 11.4 Å². The predicted molar refractivity (Wildman–Crippen MR) is 51.0 cm³/mol. The Kier molecular flexibility index (Phi) is 8.30. The number of epoxide rings is 1. The summed E-state index contributed by atoms with van der Waals surface area (Å²) in [7, 11) is 0. The molecule has 0 saturated carbocycles. The minimum Gasteiger partial charge on any atom is -0.395 e. The molecule has 1 saturated heterocycles. The van der Waals surface area contributed by atoms with Crippen LogP contribution in [0.15, 0.2) is 0 Å². The van der Waals surface area contributed by atoms with Crippen molar-refractivity contribution in [2.45, 2.75) is 10.9 Å². The molecule has 0 aromatic carbocycles. The average molecular weight is 266 g/mol. The second kappa shape index (κ2) is 7.62. The molecule has 1 aliphatic heterocycles. The predicted octanol–water partition coefficient (Wildman–Crippen LogP) is 1.60. The van der Waals surface area contributed by atoms with Crippen molar-refractivity contribution in [1.29, 1.82) is 0 Å². The summed E-state index contributed by atoms with van der Waals surface area (Å²) in [6.07, 6.45) is 0.400. The molecule has 68 valence electrons. The fourth-order valence-electron chi connectivity index (χ4n) is 0.206. The van der Waals surface area contributed by atoms with E-state index in [1.807, 2.05) is 0 Å². The quantitative estimate of drug-likeness (QED) is 0.621. The van der Waals surface area contributed by atoms with Gasteiger partial charge < -0.3 is 9.84 Å². The molecule has 0 radical (unpaired) electrons. The Labute approximate surface area is 84.9 Å². The average Bonchev–Trinajstić information content (AvgIpc) is 2.86. The topological polar surface area (TPSA) is 32.8 Å². The first-order valence-corrected chi connectivity index (χ1v) is 5.21. The van der Waals surface area contributed by atoms with Crippen molar-refractivity contribution in [3.05, 3.63) is 0 Å². The molecule has 1 rings (SSSR count). The van der Waals surface area contributed by atoms with Crippen LogP contribution in [0.4, 0.5) is 0 Å². The number of aliphatic hydroxyl groups excluding tert-OH is 1. The van der Waals surface area contributed by atoms with Crippen molar-refractivity contribution in [2.75, 3.05) is 25.0 Å². The smallest absolute Gasteiger partial charge is 0.0944 e. The van der Waals surface area contributed by atoms with Crippen molar-refractivity contribution in [3.63, 3.8) is 0 Å². The van der Waals surface area contributed by atoms with Gasteiger partial charge in [0, 0.05) is 5.88 Å². The van der Waals surface area contributed by atoms with E-state index in [2.05, 4.69) is 15.9 Å². The van der Waals surface area contributed by atoms with Crippen LogP contribution in [0.2, 0.25) is 0 Å². The molecule has 0 aliphatic carbocycles. The van der Waals surface area contributed by atoms with E-state index < -0.39 is 0 Å². The first-order valence-electron chi connectivity index (χ1n) is 3.23. The summed E-state index contributed by atoms with van der Waals surface area (Å²) >= 11 is 13.6. The zero-order chi connectivity index (χ0) is 8.69. The highest BCUT2D eigenvalue weighted by Gasteiger charge is 2.19. The fraction of sp³-hybridized carbons (Fsp3) is 1.00. The van der Waals surface area contributed by atoms with Crippen LogP contribution in [0, 0.1) is 0 Å². The maximum Gasteiger partial charge on any atom is 0.0944 e. The number of hydrogen-bond acceptors (Lipinski definition) is 2. The van der Waals surface area contributed by atoms with Crippen LogP contribution in [0.1, 0.15) is 0 Å². The first kappa shape index (κ1) is 12.0.